The van der Waals surface area contributed by atoms with E-state index in [1.54, 1.807) is 0 Å². The first-order chi connectivity index (χ1) is 7.70. The molecule has 0 amide bonds. The van der Waals surface area contributed by atoms with Gasteiger partial charge in [0.15, 0.2) is 0 Å². The monoisotopic (exact) mass is 282 g/mol. The Hall–Kier alpha value is -0.700. The fourth-order valence-electron chi connectivity index (χ4n) is 2.01. The van der Waals surface area contributed by atoms with E-state index in [2.05, 4.69) is 39.9 Å². The number of rotatable bonds is 5. The van der Waals surface area contributed by atoms with Crippen molar-refractivity contribution < 1.29 is 0 Å². The summed E-state index contributed by atoms with van der Waals surface area (Å²) in [7, 11) is 0. The third kappa shape index (κ3) is 2.91. The molecule has 0 bridgehead atoms. The van der Waals surface area contributed by atoms with Gasteiger partial charge in [0.1, 0.15) is 0 Å². The molecule has 0 spiro atoms. The van der Waals surface area contributed by atoms with Crippen LogP contribution in [-0.4, -0.2) is 13.1 Å². The first-order valence-corrected chi connectivity index (χ1v) is 6.80. The van der Waals surface area contributed by atoms with Crippen molar-refractivity contribution in [3.05, 3.63) is 22.7 Å². The lowest BCUT2D eigenvalue weighted by atomic mass is 10.2. The van der Waals surface area contributed by atoms with Crippen molar-refractivity contribution in [2.45, 2.75) is 26.2 Å². The van der Waals surface area contributed by atoms with E-state index in [0.717, 1.165) is 22.6 Å². The van der Waals surface area contributed by atoms with Gasteiger partial charge in [0.2, 0.25) is 0 Å². The number of anilines is 2. The summed E-state index contributed by atoms with van der Waals surface area (Å²) >= 11 is 3.45. The number of nitrogens with zero attached hydrogens (tertiary/aromatic N) is 1. The van der Waals surface area contributed by atoms with Crippen LogP contribution in [0.25, 0.3) is 0 Å². The van der Waals surface area contributed by atoms with Gasteiger partial charge in [-0.25, -0.2) is 0 Å². The zero-order chi connectivity index (χ0) is 11.5. The van der Waals surface area contributed by atoms with E-state index in [0.29, 0.717) is 0 Å². The molecule has 1 aliphatic carbocycles. The van der Waals surface area contributed by atoms with Gasteiger partial charge in [-0.15, -0.1) is 0 Å². The highest BCUT2D eigenvalue weighted by molar-refractivity contribution is 9.10. The Balaban J connectivity index is 2.15. The minimum absolute atomic E-state index is 0.878. The molecular formula is C13H19BrN2. The van der Waals surface area contributed by atoms with Gasteiger partial charge in [0.25, 0.3) is 0 Å². The van der Waals surface area contributed by atoms with Gasteiger partial charge < -0.3 is 10.6 Å². The predicted octanol–water partition coefficient (Wildman–Crippen LogP) is 3.66. The summed E-state index contributed by atoms with van der Waals surface area (Å²) in [4.78, 5) is 2.43. The van der Waals surface area contributed by atoms with Crippen LogP contribution in [0.1, 0.15) is 26.2 Å². The molecule has 3 heteroatoms. The molecule has 1 aliphatic rings. The van der Waals surface area contributed by atoms with Crippen LogP contribution < -0.4 is 10.6 Å². The van der Waals surface area contributed by atoms with Gasteiger partial charge in [0, 0.05) is 17.6 Å². The molecule has 1 saturated carbocycles. The number of nitrogen functional groups attached to an aromatic ring is 1. The van der Waals surface area contributed by atoms with Crippen molar-refractivity contribution in [2.75, 3.05) is 23.7 Å². The van der Waals surface area contributed by atoms with Crippen molar-refractivity contribution in [3.63, 3.8) is 0 Å². The van der Waals surface area contributed by atoms with Crippen molar-refractivity contribution in [2.24, 2.45) is 5.92 Å². The highest BCUT2D eigenvalue weighted by Crippen LogP contribution is 2.34. The average Bonchev–Trinajstić information content (AvgIpc) is 3.01. The van der Waals surface area contributed by atoms with E-state index in [9.17, 15) is 0 Å². The highest BCUT2D eigenvalue weighted by Gasteiger charge is 2.24. The molecular weight excluding hydrogens is 264 g/mol. The smallest absolute Gasteiger partial charge is 0.0600 e. The third-order valence-corrected chi connectivity index (χ3v) is 3.49. The third-order valence-electron chi connectivity index (χ3n) is 3.00. The quantitative estimate of drug-likeness (QED) is 0.836. The minimum atomic E-state index is 0.878. The summed E-state index contributed by atoms with van der Waals surface area (Å²) in [6.45, 7) is 4.48. The highest BCUT2D eigenvalue weighted by atomic mass is 79.9. The van der Waals surface area contributed by atoms with Gasteiger partial charge >= 0.3 is 0 Å². The predicted molar refractivity (Wildman–Crippen MR) is 73.8 cm³/mol. The Morgan fingerprint density at radius 2 is 2.19 bits per heavy atom. The zero-order valence-corrected chi connectivity index (χ0v) is 11.3. The first-order valence-electron chi connectivity index (χ1n) is 6.00. The summed E-state index contributed by atoms with van der Waals surface area (Å²) in [5.74, 6) is 0.898. The molecule has 2 rings (SSSR count). The van der Waals surface area contributed by atoms with Gasteiger partial charge in [-0.3, -0.25) is 0 Å². The van der Waals surface area contributed by atoms with Gasteiger partial charge in [-0.05, 0) is 43.4 Å². The van der Waals surface area contributed by atoms with E-state index in [1.807, 2.05) is 6.07 Å². The van der Waals surface area contributed by atoms with E-state index in [1.165, 1.54) is 31.5 Å². The number of nitrogens with two attached hydrogens (primary N) is 1. The molecule has 2 nitrogen and oxygen atoms in total. The van der Waals surface area contributed by atoms with Crippen molar-refractivity contribution in [1.82, 2.24) is 0 Å². The fraction of sp³-hybridized carbons (Fsp3) is 0.538. The standard InChI is InChI=1S/C13H19BrN2/c1-2-7-16(9-10-3-4-10)13-6-5-11(14)8-12(13)15/h5-6,8,10H,2-4,7,9,15H2,1H3. The molecule has 0 aromatic heterocycles. The first kappa shape index (κ1) is 11.8. The lowest BCUT2D eigenvalue weighted by molar-refractivity contribution is 0.709. The second-order valence-corrected chi connectivity index (χ2v) is 5.51. The summed E-state index contributed by atoms with van der Waals surface area (Å²) in [6.07, 6.45) is 3.94. The van der Waals surface area contributed by atoms with Crippen LogP contribution in [0, 0.1) is 5.92 Å². The summed E-state index contributed by atoms with van der Waals surface area (Å²) in [5, 5.41) is 0. The van der Waals surface area contributed by atoms with Crippen LogP contribution in [-0.2, 0) is 0 Å². The lowest BCUT2D eigenvalue weighted by Crippen LogP contribution is -2.27. The molecule has 0 aliphatic heterocycles. The van der Waals surface area contributed by atoms with Crippen LogP contribution in [0.4, 0.5) is 11.4 Å². The second-order valence-electron chi connectivity index (χ2n) is 4.59. The van der Waals surface area contributed by atoms with E-state index < -0.39 is 0 Å². The van der Waals surface area contributed by atoms with Gasteiger partial charge in [0.05, 0.1) is 11.4 Å². The Morgan fingerprint density at radius 3 is 2.75 bits per heavy atom. The van der Waals surface area contributed by atoms with Crippen LogP contribution in [0.3, 0.4) is 0 Å². The zero-order valence-electron chi connectivity index (χ0n) is 9.75. The Bertz CT molecular complexity index is 361. The Kier molecular flexibility index (Phi) is 3.74. The number of halogens is 1. The summed E-state index contributed by atoms with van der Waals surface area (Å²) < 4.78 is 1.05. The number of hydrogen-bond acceptors (Lipinski definition) is 2. The Morgan fingerprint density at radius 1 is 1.44 bits per heavy atom. The maximum atomic E-state index is 6.08. The maximum Gasteiger partial charge on any atom is 0.0600 e. The molecule has 0 saturated heterocycles. The normalized spacial score (nSPS) is 15.1. The van der Waals surface area contributed by atoms with Crippen LogP contribution in [0.5, 0.6) is 0 Å². The molecule has 1 aromatic rings. The van der Waals surface area contributed by atoms with Gasteiger partial charge in [-0.2, -0.15) is 0 Å². The second kappa shape index (κ2) is 5.09. The molecule has 1 aromatic carbocycles. The van der Waals surface area contributed by atoms with Crippen molar-refractivity contribution >= 4 is 27.3 Å². The molecule has 0 atom stereocenters. The molecule has 0 heterocycles. The lowest BCUT2D eigenvalue weighted by Gasteiger charge is -2.25. The molecule has 0 unspecified atom stereocenters. The molecule has 2 N–H and O–H groups in total. The van der Waals surface area contributed by atoms with E-state index in [-0.39, 0.29) is 0 Å². The average molecular weight is 283 g/mol. The summed E-state index contributed by atoms with van der Waals surface area (Å²) in [6, 6.07) is 6.18. The topological polar surface area (TPSA) is 29.3 Å². The molecule has 88 valence electrons. The Labute approximate surface area is 106 Å². The maximum absolute atomic E-state index is 6.08. The van der Waals surface area contributed by atoms with E-state index in [4.69, 9.17) is 5.73 Å². The van der Waals surface area contributed by atoms with E-state index >= 15 is 0 Å². The van der Waals surface area contributed by atoms with Crippen molar-refractivity contribution in [3.8, 4) is 0 Å². The van der Waals surface area contributed by atoms with Gasteiger partial charge in [-0.1, -0.05) is 22.9 Å². The number of benzene rings is 1. The number of hydrogen-bond donors (Lipinski definition) is 1. The fourth-order valence-corrected chi connectivity index (χ4v) is 2.38. The molecule has 1 fully saturated rings. The van der Waals surface area contributed by atoms with Crippen LogP contribution in [0.2, 0.25) is 0 Å². The van der Waals surface area contributed by atoms with Crippen LogP contribution >= 0.6 is 15.9 Å². The van der Waals surface area contributed by atoms with Crippen molar-refractivity contribution in [1.29, 1.82) is 0 Å². The molecule has 16 heavy (non-hydrogen) atoms. The largest absolute Gasteiger partial charge is 0.397 e. The SMILES string of the molecule is CCCN(CC1CC1)c1ccc(Br)cc1N. The minimum Gasteiger partial charge on any atom is -0.397 e. The van der Waals surface area contributed by atoms with Crippen LogP contribution in [0.15, 0.2) is 22.7 Å². The molecule has 0 radical (unpaired) electrons. The summed E-state index contributed by atoms with van der Waals surface area (Å²) in [5.41, 5.74) is 8.15.